The van der Waals surface area contributed by atoms with E-state index in [4.69, 9.17) is 0 Å². The Hall–Kier alpha value is -3.44. The molecule has 0 aliphatic carbocycles. The highest BCUT2D eigenvalue weighted by Crippen LogP contribution is 2.22. The maximum atomic E-state index is 13.5. The number of hydrogen-bond acceptors (Lipinski definition) is 6. The number of hydrazone groups is 1. The van der Waals surface area contributed by atoms with Gasteiger partial charge in [0.1, 0.15) is 5.82 Å². The molecule has 0 heterocycles. The average Bonchev–Trinajstić information content (AvgIpc) is 2.87. The second-order valence-electron chi connectivity index (χ2n) is 9.39. The number of nitrogens with zero attached hydrogens (tertiary/aromatic N) is 2. The van der Waals surface area contributed by atoms with Crippen molar-refractivity contribution in [2.24, 2.45) is 5.10 Å². The fourth-order valence-corrected chi connectivity index (χ4v) is 4.36. The van der Waals surface area contributed by atoms with Crippen molar-refractivity contribution in [3.8, 4) is 0 Å². The minimum absolute atomic E-state index is 0.185. The lowest BCUT2D eigenvalue weighted by molar-refractivity contribution is 0.0793. The van der Waals surface area contributed by atoms with E-state index in [0.717, 1.165) is 5.56 Å². The third-order valence-electron chi connectivity index (χ3n) is 5.68. The molecule has 0 aliphatic heterocycles. The second-order valence-corrected chi connectivity index (χ2v) is 10.3. The van der Waals surface area contributed by atoms with E-state index in [9.17, 15) is 24.2 Å². The van der Waals surface area contributed by atoms with Crippen molar-refractivity contribution in [3.05, 3.63) is 99.3 Å². The minimum atomic E-state index is -0.570. The first-order valence-corrected chi connectivity index (χ1v) is 13.2. The molecule has 10 heteroatoms. The monoisotopic (exact) mass is 598 g/mol. The van der Waals surface area contributed by atoms with Crippen LogP contribution in [-0.4, -0.2) is 57.9 Å². The Morgan fingerprint density at radius 1 is 0.949 bits per heavy atom. The van der Waals surface area contributed by atoms with Gasteiger partial charge in [0.2, 0.25) is 0 Å². The summed E-state index contributed by atoms with van der Waals surface area (Å²) in [5.41, 5.74) is 5.10. The molecule has 39 heavy (non-hydrogen) atoms. The number of amides is 2. The van der Waals surface area contributed by atoms with Crippen LogP contribution in [0.5, 0.6) is 0 Å². The highest BCUT2D eigenvalue weighted by atomic mass is 79.9. The highest BCUT2D eigenvalue weighted by molar-refractivity contribution is 9.10. The summed E-state index contributed by atoms with van der Waals surface area (Å²) in [6.45, 7) is 6.19. The maximum absolute atomic E-state index is 13.5. The van der Waals surface area contributed by atoms with Gasteiger partial charge in [0.15, 0.2) is 0 Å². The van der Waals surface area contributed by atoms with Crippen LogP contribution in [0.1, 0.15) is 52.6 Å². The van der Waals surface area contributed by atoms with Crippen LogP contribution >= 0.6 is 15.9 Å². The molecule has 3 aromatic rings. The van der Waals surface area contributed by atoms with Crippen LogP contribution in [0.4, 0.5) is 10.1 Å². The second kappa shape index (κ2) is 14.1. The lowest BCUT2D eigenvalue weighted by Crippen LogP contribution is -2.35. The van der Waals surface area contributed by atoms with E-state index in [0.29, 0.717) is 40.9 Å². The van der Waals surface area contributed by atoms with Crippen molar-refractivity contribution in [1.29, 1.82) is 0 Å². The smallest absolute Gasteiger partial charge is 0.273 e. The van der Waals surface area contributed by atoms with Crippen molar-refractivity contribution < 1.29 is 24.2 Å². The normalized spacial score (nSPS) is 13.2. The molecule has 2 amide bonds. The van der Waals surface area contributed by atoms with Gasteiger partial charge >= 0.3 is 0 Å². The summed E-state index contributed by atoms with van der Waals surface area (Å²) < 4.78 is 14.2. The largest absolute Gasteiger partial charge is 0.392 e. The van der Waals surface area contributed by atoms with Crippen LogP contribution in [0, 0.1) is 5.82 Å². The summed E-state index contributed by atoms with van der Waals surface area (Å²) >= 11 is 3.36. The number of aliphatic hydroxyl groups excluding tert-OH is 2. The van der Waals surface area contributed by atoms with Gasteiger partial charge in [0, 0.05) is 35.2 Å². The van der Waals surface area contributed by atoms with E-state index in [-0.39, 0.29) is 11.3 Å². The Bertz CT molecular complexity index is 1340. The third kappa shape index (κ3) is 9.36. The van der Waals surface area contributed by atoms with E-state index in [1.165, 1.54) is 12.1 Å². The summed E-state index contributed by atoms with van der Waals surface area (Å²) in [6, 6.07) is 17.8. The number of benzene rings is 3. The first-order chi connectivity index (χ1) is 18.5. The van der Waals surface area contributed by atoms with Crippen LogP contribution in [0.15, 0.2) is 76.3 Å². The molecule has 3 rings (SSSR count). The molecule has 0 spiro atoms. The third-order valence-corrected chi connectivity index (χ3v) is 6.18. The van der Waals surface area contributed by atoms with Crippen LogP contribution in [0.25, 0.3) is 0 Å². The van der Waals surface area contributed by atoms with Crippen LogP contribution in [-0.2, 0) is 6.54 Å². The number of carbonyl (C=O) groups is 2. The lowest BCUT2D eigenvalue weighted by atomic mass is 10.1. The first-order valence-electron chi connectivity index (χ1n) is 12.4. The predicted octanol–water partition coefficient (Wildman–Crippen LogP) is 4.56. The van der Waals surface area contributed by atoms with Gasteiger partial charge in [-0.25, -0.2) is 9.82 Å². The molecule has 3 aromatic carbocycles. The van der Waals surface area contributed by atoms with E-state index in [1.807, 2.05) is 11.0 Å². The number of nitrogens with one attached hydrogen (secondary N) is 2. The fraction of sp³-hybridized carbons (Fsp3) is 0.276. The van der Waals surface area contributed by atoms with E-state index >= 15 is 0 Å². The Kier molecular flexibility index (Phi) is 10.9. The van der Waals surface area contributed by atoms with Gasteiger partial charge in [-0.1, -0.05) is 40.2 Å². The predicted molar refractivity (Wildman–Crippen MR) is 153 cm³/mol. The Balaban J connectivity index is 1.76. The molecule has 0 saturated carbocycles. The minimum Gasteiger partial charge on any atom is -0.392 e. The molecule has 4 N–H and O–H groups in total. The number of anilines is 1. The molecule has 0 radical (unpaired) electrons. The number of rotatable bonds is 11. The van der Waals surface area contributed by atoms with Gasteiger partial charge in [-0.2, -0.15) is 5.10 Å². The van der Waals surface area contributed by atoms with E-state index in [2.05, 4.69) is 31.8 Å². The average molecular weight is 600 g/mol. The standard InChI is InChI=1S/C29H32BrFN4O4/c1-18(36)15-35(16-19(2)37)17-21-6-4-8-23(12-21)28(38)32-27-11-10-24(30)14-26(27)29(39)34-33-20(3)22-7-5-9-25(31)13-22/h4-14,18-19,36-37H,15-17H2,1-3H3,(H,32,38)(H,34,39)/b33-20+. The Morgan fingerprint density at radius 2 is 1.62 bits per heavy atom. The summed E-state index contributed by atoms with van der Waals surface area (Å²) in [5.74, 6) is -1.37. The topological polar surface area (TPSA) is 114 Å². The fourth-order valence-electron chi connectivity index (χ4n) is 4.00. The molecule has 0 aliphatic rings. The SMILES string of the molecule is C/C(=N\NC(=O)c1cc(Br)ccc1NC(=O)c1cccc(CN(CC(C)O)CC(C)O)c1)c1cccc(F)c1. The quantitative estimate of drug-likeness (QED) is 0.191. The molecule has 0 fully saturated rings. The number of carbonyl (C=O) groups excluding carboxylic acids is 2. The van der Waals surface area contributed by atoms with Gasteiger partial charge in [0.05, 0.1) is 29.2 Å². The molecular weight excluding hydrogens is 567 g/mol. The summed E-state index contributed by atoms with van der Waals surface area (Å²) in [5, 5.41) is 26.5. The van der Waals surface area contributed by atoms with Crippen molar-refractivity contribution in [2.75, 3.05) is 18.4 Å². The molecule has 0 saturated heterocycles. The lowest BCUT2D eigenvalue weighted by Gasteiger charge is -2.25. The van der Waals surface area contributed by atoms with Gasteiger partial charge in [-0.05, 0) is 68.8 Å². The van der Waals surface area contributed by atoms with Crippen LogP contribution in [0.3, 0.4) is 0 Å². The Morgan fingerprint density at radius 3 is 2.28 bits per heavy atom. The summed E-state index contributed by atoms with van der Waals surface area (Å²) in [4.78, 5) is 28.0. The Labute approximate surface area is 235 Å². The summed E-state index contributed by atoms with van der Waals surface area (Å²) in [6.07, 6.45) is -1.14. The maximum Gasteiger partial charge on any atom is 0.273 e. The van der Waals surface area contributed by atoms with Gasteiger partial charge in [-0.3, -0.25) is 14.5 Å². The zero-order valence-electron chi connectivity index (χ0n) is 22.0. The van der Waals surface area contributed by atoms with Gasteiger partial charge in [-0.15, -0.1) is 0 Å². The number of hydrogen-bond donors (Lipinski definition) is 4. The molecule has 8 nitrogen and oxygen atoms in total. The van der Waals surface area contributed by atoms with Crippen LogP contribution in [0.2, 0.25) is 0 Å². The molecule has 206 valence electrons. The molecule has 0 bridgehead atoms. The number of aliphatic hydroxyl groups is 2. The van der Waals surface area contributed by atoms with Crippen LogP contribution < -0.4 is 10.7 Å². The van der Waals surface area contributed by atoms with E-state index < -0.39 is 29.8 Å². The zero-order valence-corrected chi connectivity index (χ0v) is 23.6. The highest BCUT2D eigenvalue weighted by Gasteiger charge is 2.17. The number of halogens is 2. The van der Waals surface area contributed by atoms with Gasteiger partial charge in [0.25, 0.3) is 11.8 Å². The molecule has 2 atom stereocenters. The van der Waals surface area contributed by atoms with Crippen molar-refractivity contribution in [1.82, 2.24) is 10.3 Å². The van der Waals surface area contributed by atoms with Crippen molar-refractivity contribution in [2.45, 2.75) is 39.5 Å². The molecular formula is C29H32BrFN4O4. The van der Waals surface area contributed by atoms with Crippen molar-refractivity contribution >= 4 is 39.1 Å². The summed E-state index contributed by atoms with van der Waals surface area (Å²) in [7, 11) is 0. The molecule has 0 aromatic heterocycles. The zero-order chi connectivity index (χ0) is 28.5. The first kappa shape index (κ1) is 30.1. The van der Waals surface area contributed by atoms with Crippen molar-refractivity contribution in [3.63, 3.8) is 0 Å². The van der Waals surface area contributed by atoms with E-state index in [1.54, 1.807) is 69.3 Å². The molecule has 2 unspecified atom stereocenters. The van der Waals surface area contributed by atoms with Gasteiger partial charge < -0.3 is 15.5 Å².